The number of aliphatic hydroxyl groups excluding tert-OH is 1. The normalized spacial score (nSPS) is 17.6. The van der Waals surface area contributed by atoms with Crippen LogP contribution in [-0.2, 0) is 16.1 Å². The average Bonchev–Trinajstić information content (AvgIpc) is 3.04. The van der Waals surface area contributed by atoms with E-state index in [9.17, 15) is 14.7 Å². The smallest absolute Gasteiger partial charge is 0.295 e. The van der Waals surface area contributed by atoms with Crippen molar-refractivity contribution in [1.29, 1.82) is 0 Å². The highest BCUT2D eigenvalue weighted by Crippen LogP contribution is 2.42. The van der Waals surface area contributed by atoms with Crippen LogP contribution in [0.3, 0.4) is 0 Å². The van der Waals surface area contributed by atoms with E-state index >= 15 is 0 Å². The van der Waals surface area contributed by atoms with Crippen LogP contribution in [0.25, 0.3) is 5.76 Å². The lowest BCUT2D eigenvalue weighted by Gasteiger charge is -2.26. The van der Waals surface area contributed by atoms with Crippen molar-refractivity contribution in [2.24, 2.45) is 0 Å². The van der Waals surface area contributed by atoms with Gasteiger partial charge in [0.25, 0.3) is 11.7 Å². The largest absolute Gasteiger partial charge is 0.507 e. The number of hydrogen-bond donors (Lipinski definition) is 1. The van der Waals surface area contributed by atoms with Crippen molar-refractivity contribution in [3.8, 4) is 5.75 Å². The molecule has 3 aromatic rings. The molecule has 7 heteroatoms. The van der Waals surface area contributed by atoms with Crippen LogP contribution in [0.5, 0.6) is 5.75 Å². The molecular weight excluding hydrogens is 428 g/mol. The van der Waals surface area contributed by atoms with Gasteiger partial charge in [0, 0.05) is 24.0 Å². The van der Waals surface area contributed by atoms with Gasteiger partial charge in [-0.1, -0.05) is 41.9 Å². The quantitative estimate of drug-likeness (QED) is 0.348. The summed E-state index contributed by atoms with van der Waals surface area (Å²) in [5.74, 6) is -1.44. The molecule has 4 rings (SSSR count). The number of hydrogen-bond acceptors (Lipinski definition) is 5. The molecule has 2 aromatic carbocycles. The van der Waals surface area contributed by atoms with E-state index in [1.807, 2.05) is 37.3 Å². The number of methoxy groups -OCH3 is 1. The van der Waals surface area contributed by atoms with Crippen LogP contribution in [0, 0.1) is 6.92 Å². The van der Waals surface area contributed by atoms with Gasteiger partial charge in [0.1, 0.15) is 11.5 Å². The molecule has 1 aromatic heterocycles. The van der Waals surface area contributed by atoms with Crippen LogP contribution in [0.15, 0.2) is 72.6 Å². The molecule has 1 atom stereocenters. The van der Waals surface area contributed by atoms with Gasteiger partial charge in [0.15, 0.2) is 0 Å². The summed E-state index contributed by atoms with van der Waals surface area (Å²) in [5.41, 5.74) is 2.65. The number of aryl methyl sites for hydroxylation is 1. The van der Waals surface area contributed by atoms with Crippen LogP contribution in [0.4, 0.5) is 0 Å². The van der Waals surface area contributed by atoms with Crippen molar-refractivity contribution >= 4 is 29.1 Å². The summed E-state index contributed by atoms with van der Waals surface area (Å²) in [6.45, 7) is 2.07. The number of carbonyl (C=O) groups is 2. The molecule has 1 amide bonds. The average molecular weight is 449 g/mol. The fourth-order valence-electron chi connectivity index (χ4n) is 3.96. The Kier molecular flexibility index (Phi) is 5.97. The second-order valence-electron chi connectivity index (χ2n) is 7.49. The minimum atomic E-state index is -0.778. The van der Waals surface area contributed by atoms with Crippen LogP contribution in [0.1, 0.15) is 28.3 Å². The van der Waals surface area contributed by atoms with Crippen LogP contribution in [0.2, 0.25) is 5.02 Å². The number of likely N-dealkylation sites (tertiary alicyclic amines) is 1. The van der Waals surface area contributed by atoms with Crippen LogP contribution >= 0.6 is 11.6 Å². The number of benzene rings is 2. The topological polar surface area (TPSA) is 79.7 Å². The predicted molar refractivity (Wildman–Crippen MR) is 121 cm³/mol. The van der Waals surface area contributed by atoms with Crippen molar-refractivity contribution in [3.63, 3.8) is 0 Å². The molecule has 1 aliphatic rings. The van der Waals surface area contributed by atoms with Gasteiger partial charge in [-0.25, -0.2) is 0 Å². The van der Waals surface area contributed by atoms with Crippen molar-refractivity contribution < 1.29 is 19.4 Å². The maximum absolute atomic E-state index is 13.2. The molecule has 1 aliphatic heterocycles. The van der Waals surface area contributed by atoms with Crippen LogP contribution < -0.4 is 4.74 Å². The highest BCUT2D eigenvalue weighted by molar-refractivity contribution is 6.46. The van der Waals surface area contributed by atoms with Gasteiger partial charge in [-0.05, 0) is 47.9 Å². The van der Waals surface area contributed by atoms with E-state index < -0.39 is 17.7 Å². The SMILES string of the molecule is COc1ccc(Cl)cc1/C(O)=C1\C(=O)C(=O)N(Cc2cccnc2)C1c1ccccc1C. The summed E-state index contributed by atoms with van der Waals surface area (Å²) >= 11 is 6.15. The molecule has 1 saturated heterocycles. The minimum Gasteiger partial charge on any atom is -0.507 e. The summed E-state index contributed by atoms with van der Waals surface area (Å²) in [7, 11) is 1.46. The van der Waals surface area contributed by atoms with Gasteiger partial charge in [-0.3, -0.25) is 14.6 Å². The molecule has 2 heterocycles. The summed E-state index contributed by atoms with van der Waals surface area (Å²) < 4.78 is 5.36. The Bertz CT molecular complexity index is 1220. The third kappa shape index (κ3) is 3.85. The van der Waals surface area contributed by atoms with Gasteiger partial charge < -0.3 is 14.7 Å². The van der Waals surface area contributed by atoms with Crippen LogP contribution in [-0.4, -0.2) is 33.8 Å². The lowest BCUT2D eigenvalue weighted by atomic mass is 9.92. The van der Waals surface area contributed by atoms with E-state index in [1.54, 1.807) is 30.6 Å². The molecule has 32 heavy (non-hydrogen) atoms. The van der Waals surface area contributed by atoms with Gasteiger partial charge in [0.05, 0.1) is 24.3 Å². The summed E-state index contributed by atoms with van der Waals surface area (Å²) in [6.07, 6.45) is 3.29. The van der Waals surface area contributed by atoms with Gasteiger partial charge in [-0.15, -0.1) is 0 Å². The highest BCUT2D eigenvalue weighted by Gasteiger charge is 2.46. The molecule has 0 aliphatic carbocycles. The number of pyridine rings is 1. The first-order chi connectivity index (χ1) is 15.4. The maximum atomic E-state index is 13.2. The first-order valence-electron chi connectivity index (χ1n) is 9.99. The number of nitrogens with zero attached hydrogens (tertiary/aromatic N) is 2. The molecule has 0 radical (unpaired) electrons. The number of rotatable bonds is 5. The number of ketones is 1. The Balaban J connectivity index is 1.93. The molecule has 0 saturated carbocycles. The summed E-state index contributed by atoms with van der Waals surface area (Å²) in [4.78, 5) is 31.9. The molecule has 1 N–H and O–H groups in total. The number of carbonyl (C=O) groups excluding carboxylic acids is 2. The number of aromatic nitrogens is 1. The Hall–Kier alpha value is -3.64. The Morgan fingerprint density at radius 1 is 1.16 bits per heavy atom. The van der Waals surface area contributed by atoms with Crippen molar-refractivity contribution in [2.75, 3.05) is 7.11 Å². The zero-order valence-corrected chi connectivity index (χ0v) is 18.3. The Morgan fingerprint density at radius 3 is 2.62 bits per heavy atom. The van der Waals surface area contributed by atoms with E-state index in [-0.39, 0.29) is 23.4 Å². The minimum absolute atomic E-state index is 0.00578. The third-order valence-corrected chi connectivity index (χ3v) is 5.75. The first-order valence-corrected chi connectivity index (χ1v) is 10.4. The maximum Gasteiger partial charge on any atom is 0.295 e. The van der Waals surface area contributed by atoms with Crippen molar-refractivity contribution in [2.45, 2.75) is 19.5 Å². The number of ether oxygens (including phenoxy) is 1. The van der Waals surface area contributed by atoms with Gasteiger partial charge >= 0.3 is 0 Å². The van der Waals surface area contributed by atoms with E-state index in [2.05, 4.69) is 4.98 Å². The van der Waals surface area contributed by atoms with E-state index in [1.165, 1.54) is 18.1 Å². The number of halogens is 1. The predicted octanol–water partition coefficient (Wildman–Crippen LogP) is 4.67. The molecule has 1 fully saturated rings. The molecule has 0 spiro atoms. The lowest BCUT2D eigenvalue weighted by molar-refractivity contribution is -0.140. The zero-order valence-electron chi connectivity index (χ0n) is 17.6. The Labute approximate surface area is 190 Å². The second-order valence-corrected chi connectivity index (χ2v) is 7.93. The number of aliphatic hydroxyl groups is 1. The number of Topliss-reactive ketones (excluding diaryl/α,β-unsaturated/α-hetero) is 1. The molecule has 6 nitrogen and oxygen atoms in total. The zero-order chi connectivity index (χ0) is 22.8. The number of amides is 1. The Morgan fingerprint density at radius 2 is 1.94 bits per heavy atom. The molecule has 0 bridgehead atoms. The fraction of sp³-hybridized carbons (Fsp3) is 0.160. The third-order valence-electron chi connectivity index (χ3n) is 5.52. The molecule has 162 valence electrons. The second kappa shape index (κ2) is 8.85. The van der Waals surface area contributed by atoms with Gasteiger partial charge in [0.2, 0.25) is 0 Å². The highest BCUT2D eigenvalue weighted by atomic mass is 35.5. The molecular formula is C25H21ClN2O4. The molecule has 1 unspecified atom stereocenters. The van der Waals surface area contributed by atoms with E-state index in [4.69, 9.17) is 16.3 Å². The van der Waals surface area contributed by atoms with Crippen molar-refractivity contribution in [1.82, 2.24) is 9.88 Å². The first kappa shape index (κ1) is 21.6. The fourth-order valence-corrected chi connectivity index (χ4v) is 4.13. The van der Waals surface area contributed by atoms with Crippen molar-refractivity contribution in [3.05, 3.63) is 99.8 Å². The summed E-state index contributed by atoms with van der Waals surface area (Å²) in [6, 6.07) is 15.0. The van der Waals surface area contributed by atoms with E-state index in [0.29, 0.717) is 10.8 Å². The van der Waals surface area contributed by atoms with Gasteiger partial charge in [-0.2, -0.15) is 0 Å². The van der Waals surface area contributed by atoms with E-state index in [0.717, 1.165) is 16.7 Å². The standard InChI is InChI=1S/C25H21ClN2O4/c1-15-6-3-4-8-18(15)22-21(23(29)19-12-17(26)9-10-20(19)32-2)24(30)25(31)28(22)14-16-7-5-11-27-13-16/h3-13,22,29H,14H2,1-2H3/b23-21+. The lowest BCUT2D eigenvalue weighted by Crippen LogP contribution is -2.29. The monoisotopic (exact) mass is 448 g/mol. The summed E-state index contributed by atoms with van der Waals surface area (Å²) in [5, 5.41) is 11.6.